The van der Waals surface area contributed by atoms with Crippen molar-refractivity contribution in [3.05, 3.63) is 0 Å². The van der Waals surface area contributed by atoms with Gasteiger partial charge >= 0.3 is 6.03 Å². The zero-order chi connectivity index (χ0) is 7.56. The van der Waals surface area contributed by atoms with Gasteiger partial charge in [-0.25, -0.2) is 4.79 Å². The summed E-state index contributed by atoms with van der Waals surface area (Å²) < 4.78 is 0. The van der Waals surface area contributed by atoms with Gasteiger partial charge in [0.1, 0.15) is 0 Å². The Labute approximate surface area is 57.3 Å². The number of hydrogen-bond donors (Lipinski definition) is 3. The molecule has 0 atom stereocenters. The van der Waals surface area contributed by atoms with Crippen LogP contribution in [0.1, 0.15) is 6.42 Å². The van der Waals surface area contributed by atoms with Crippen molar-refractivity contribution in [1.29, 1.82) is 0 Å². The molecule has 1 saturated heterocycles. The number of carbonyl (C=O) groups is 2. The maximum atomic E-state index is 10.5. The minimum atomic E-state index is -0.679. The summed E-state index contributed by atoms with van der Waals surface area (Å²) in [7, 11) is 0. The van der Waals surface area contributed by atoms with Crippen LogP contribution in [0.2, 0.25) is 0 Å². The van der Waals surface area contributed by atoms with Gasteiger partial charge in [0.05, 0.1) is 0 Å². The van der Waals surface area contributed by atoms with Crippen LogP contribution in [-0.2, 0) is 4.79 Å². The molecule has 0 bridgehead atoms. The second kappa shape index (κ2) is 2.53. The Morgan fingerprint density at radius 2 is 2.50 bits per heavy atom. The molecule has 0 aromatic carbocycles. The number of amides is 3. The van der Waals surface area contributed by atoms with Crippen LogP contribution in [0.5, 0.6) is 0 Å². The van der Waals surface area contributed by atoms with E-state index in [1.54, 1.807) is 0 Å². The average Bonchev–Trinajstić information content (AvgIpc) is 2.13. The summed E-state index contributed by atoms with van der Waals surface area (Å²) in [5.41, 5.74) is 9.35. The van der Waals surface area contributed by atoms with Crippen molar-refractivity contribution in [1.82, 2.24) is 16.0 Å². The summed E-state index contributed by atoms with van der Waals surface area (Å²) in [6.45, 7) is 0.460. The Bertz CT molecular complexity index is 169. The van der Waals surface area contributed by atoms with Crippen LogP contribution in [0, 0.1) is 0 Å². The number of hydrazine groups is 2. The lowest BCUT2D eigenvalue weighted by molar-refractivity contribution is -0.121. The Balaban J connectivity index is 2.31. The quantitative estimate of drug-likeness (QED) is 0.410. The van der Waals surface area contributed by atoms with Gasteiger partial charge in [0.25, 0.3) is 0 Å². The zero-order valence-electron chi connectivity index (χ0n) is 5.26. The third-order valence-corrected chi connectivity index (χ3v) is 1.07. The van der Waals surface area contributed by atoms with Crippen molar-refractivity contribution in [3.63, 3.8) is 0 Å². The maximum absolute atomic E-state index is 10.5. The monoisotopic (exact) mass is 144 g/mol. The van der Waals surface area contributed by atoms with Crippen LogP contribution in [-0.4, -0.2) is 23.6 Å². The second-order valence-electron chi connectivity index (χ2n) is 1.91. The van der Waals surface area contributed by atoms with Crippen molar-refractivity contribution < 1.29 is 9.59 Å². The molecule has 0 unspecified atom stereocenters. The molecule has 0 spiro atoms. The summed E-state index contributed by atoms with van der Waals surface area (Å²) >= 11 is 0. The molecule has 6 nitrogen and oxygen atoms in total. The molecule has 0 aromatic heterocycles. The van der Waals surface area contributed by atoms with E-state index in [9.17, 15) is 9.59 Å². The number of urea groups is 1. The van der Waals surface area contributed by atoms with Gasteiger partial charge in [-0.05, 0) is 0 Å². The Morgan fingerprint density at radius 3 is 2.90 bits per heavy atom. The van der Waals surface area contributed by atoms with Gasteiger partial charge in [-0.2, -0.15) is 0 Å². The first-order valence-electron chi connectivity index (χ1n) is 2.81. The van der Waals surface area contributed by atoms with Crippen molar-refractivity contribution in [3.8, 4) is 0 Å². The normalized spacial score (nSPS) is 18.6. The molecule has 3 amide bonds. The van der Waals surface area contributed by atoms with Gasteiger partial charge in [-0.15, -0.1) is 5.12 Å². The molecule has 0 radical (unpaired) electrons. The summed E-state index contributed by atoms with van der Waals surface area (Å²) in [6.07, 6.45) is 0.389. The van der Waals surface area contributed by atoms with E-state index in [4.69, 9.17) is 5.73 Å². The van der Waals surface area contributed by atoms with E-state index in [-0.39, 0.29) is 5.91 Å². The summed E-state index contributed by atoms with van der Waals surface area (Å²) in [4.78, 5) is 20.7. The molecule has 0 saturated carbocycles. The standard InChI is InChI=1S/C4H8N4O2/c5-4(10)7-8-2-1-3(9)6-8/h1-2H2,(H,6,9)(H3,5,7,10). The molecule has 6 heteroatoms. The Morgan fingerprint density at radius 1 is 1.80 bits per heavy atom. The average molecular weight is 144 g/mol. The van der Waals surface area contributed by atoms with Crippen LogP contribution in [0.15, 0.2) is 0 Å². The zero-order valence-corrected chi connectivity index (χ0v) is 5.26. The van der Waals surface area contributed by atoms with Gasteiger partial charge in [-0.1, -0.05) is 0 Å². The molecule has 1 aliphatic rings. The first kappa shape index (κ1) is 6.81. The van der Waals surface area contributed by atoms with E-state index in [0.29, 0.717) is 13.0 Å². The molecular formula is C4H8N4O2. The van der Waals surface area contributed by atoms with Crippen molar-refractivity contribution in [2.24, 2.45) is 5.73 Å². The highest BCUT2D eigenvalue weighted by molar-refractivity contribution is 5.78. The van der Waals surface area contributed by atoms with Crippen LogP contribution >= 0.6 is 0 Å². The van der Waals surface area contributed by atoms with E-state index < -0.39 is 6.03 Å². The van der Waals surface area contributed by atoms with Crippen molar-refractivity contribution in [2.45, 2.75) is 6.42 Å². The Kier molecular flexibility index (Phi) is 1.72. The minimum Gasteiger partial charge on any atom is -0.351 e. The van der Waals surface area contributed by atoms with Crippen LogP contribution in [0.3, 0.4) is 0 Å². The number of hydrogen-bond acceptors (Lipinski definition) is 3. The fourth-order valence-electron chi connectivity index (χ4n) is 0.693. The molecule has 1 aliphatic heterocycles. The third kappa shape index (κ3) is 1.59. The second-order valence-corrected chi connectivity index (χ2v) is 1.91. The van der Waals surface area contributed by atoms with Gasteiger partial charge in [0.15, 0.2) is 0 Å². The lowest BCUT2D eigenvalue weighted by atomic mass is 10.5. The number of nitrogens with two attached hydrogens (primary N) is 1. The smallest absolute Gasteiger partial charge is 0.328 e. The molecular weight excluding hydrogens is 136 g/mol. The SMILES string of the molecule is NC(=O)NN1CCC(=O)N1. The number of nitrogens with one attached hydrogen (secondary N) is 2. The maximum Gasteiger partial charge on any atom is 0.328 e. The highest BCUT2D eigenvalue weighted by Gasteiger charge is 2.18. The van der Waals surface area contributed by atoms with Gasteiger partial charge < -0.3 is 5.73 Å². The van der Waals surface area contributed by atoms with Crippen LogP contribution in [0.4, 0.5) is 4.79 Å². The minimum absolute atomic E-state index is 0.117. The van der Waals surface area contributed by atoms with Crippen LogP contribution in [0.25, 0.3) is 0 Å². The summed E-state index contributed by atoms with van der Waals surface area (Å²) in [5, 5.41) is 1.25. The summed E-state index contributed by atoms with van der Waals surface area (Å²) in [6, 6.07) is -0.679. The predicted octanol–water partition coefficient (Wildman–Crippen LogP) is -1.69. The first-order valence-corrected chi connectivity index (χ1v) is 2.81. The molecule has 4 N–H and O–H groups in total. The van der Waals surface area contributed by atoms with Gasteiger partial charge in [-0.3, -0.25) is 15.6 Å². The molecule has 56 valence electrons. The highest BCUT2D eigenvalue weighted by Crippen LogP contribution is 1.92. The number of nitrogens with zero attached hydrogens (tertiary/aromatic N) is 1. The van der Waals surface area contributed by atoms with Gasteiger partial charge in [0, 0.05) is 13.0 Å². The van der Waals surface area contributed by atoms with Crippen molar-refractivity contribution >= 4 is 11.9 Å². The fourth-order valence-corrected chi connectivity index (χ4v) is 0.693. The molecule has 0 aliphatic carbocycles. The largest absolute Gasteiger partial charge is 0.351 e. The van der Waals surface area contributed by atoms with Crippen LogP contribution < -0.4 is 16.6 Å². The van der Waals surface area contributed by atoms with Crippen molar-refractivity contribution in [2.75, 3.05) is 6.54 Å². The van der Waals surface area contributed by atoms with E-state index in [2.05, 4.69) is 10.9 Å². The molecule has 1 fully saturated rings. The number of carbonyl (C=O) groups excluding carboxylic acids is 2. The molecule has 1 rings (SSSR count). The Hall–Kier alpha value is -1.30. The number of rotatable bonds is 1. The lowest BCUT2D eigenvalue weighted by Gasteiger charge is -2.12. The fraction of sp³-hybridized carbons (Fsp3) is 0.500. The summed E-state index contributed by atoms with van der Waals surface area (Å²) in [5.74, 6) is -0.117. The topological polar surface area (TPSA) is 87.5 Å². The van der Waals surface area contributed by atoms with Gasteiger partial charge in [0.2, 0.25) is 5.91 Å². The molecule has 10 heavy (non-hydrogen) atoms. The molecule has 1 heterocycles. The highest BCUT2D eigenvalue weighted by atomic mass is 16.2. The third-order valence-electron chi connectivity index (χ3n) is 1.07. The number of primary amides is 1. The van der Waals surface area contributed by atoms with E-state index in [1.165, 1.54) is 5.12 Å². The predicted molar refractivity (Wildman–Crippen MR) is 32.2 cm³/mol. The van der Waals surface area contributed by atoms with E-state index in [0.717, 1.165) is 0 Å². The van der Waals surface area contributed by atoms with E-state index >= 15 is 0 Å². The van der Waals surface area contributed by atoms with E-state index in [1.807, 2.05) is 0 Å². The molecule has 0 aromatic rings. The lowest BCUT2D eigenvalue weighted by Crippen LogP contribution is -2.49. The first-order chi connectivity index (χ1) is 4.68.